The van der Waals surface area contributed by atoms with Crippen molar-refractivity contribution in [2.75, 3.05) is 39.9 Å². The van der Waals surface area contributed by atoms with Crippen LogP contribution in [0.4, 0.5) is 0 Å². The highest BCUT2D eigenvalue weighted by Gasteiger charge is 2.27. The third-order valence-corrected chi connectivity index (χ3v) is 3.00. The van der Waals surface area contributed by atoms with Crippen LogP contribution in [0.1, 0.15) is 6.92 Å². The zero-order valence-corrected chi connectivity index (χ0v) is 8.47. The molecule has 0 saturated carbocycles. The Hall–Kier alpha value is -0.380. The zero-order valence-electron chi connectivity index (χ0n) is 8.47. The Balaban J connectivity index is 1.87. The van der Waals surface area contributed by atoms with Gasteiger partial charge in [0.2, 0.25) is 0 Å². The van der Waals surface area contributed by atoms with Crippen molar-refractivity contribution in [3.05, 3.63) is 11.1 Å². The fraction of sp³-hybridized carbons (Fsp3) is 0.800. The molecule has 2 heterocycles. The summed E-state index contributed by atoms with van der Waals surface area (Å²) in [4.78, 5) is 2.50. The van der Waals surface area contributed by atoms with E-state index in [4.69, 9.17) is 4.74 Å². The number of nitrogens with zero attached hydrogens (tertiary/aromatic N) is 1. The largest absolute Gasteiger partial charge is 0.383 e. The quantitative estimate of drug-likeness (QED) is 0.633. The van der Waals surface area contributed by atoms with Crippen LogP contribution in [0.3, 0.4) is 0 Å². The van der Waals surface area contributed by atoms with Crippen LogP contribution in [0.5, 0.6) is 0 Å². The first-order valence-electron chi connectivity index (χ1n) is 4.94. The summed E-state index contributed by atoms with van der Waals surface area (Å²) in [6, 6.07) is 0.551. The minimum atomic E-state index is 0.551. The first-order chi connectivity index (χ1) is 6.31. The average Bonchev–Trinajstić information content (AvgIpc) is 2.61. The van der Waals surface area contributed by atoms with E-state index in [-0.39, 0.29) is 0 Å². The maximum Gasteiger partial charge on any atom is 0.0615 e. The Morgan fingerprint density at radius 3 is 2.54 bits per heavy atom. The lowest BCUT2D eigenvalue weighted by Crippen LogP contribution is -2.36. The molecular weight excluding hydrogens is 164 g/mol. The highest BCUT2D eigenvalue weighted by atomic mass is 16.5. The standard InChI is InChI=1S/C10H18N2O/c1-8(7-13-2)12-5-9-3-11-4-10(9)6-12/h8,11H,3-7H2,1-2H3. The van der Waals surface area contributed by atoms with Crippen LogP contribution in [0.15, 0.2) is 11.1 Å². The summed E-state index contributed by atoms with van der Waals surface area (Å²) in [5, 5.41) is 3.38. The third kappa shape index (κ3) is 1.77. The summed E-state index contributed by atoms with van der Waals surface area (Å²) >= 11 is 0. The second-order valence-corrected chi connectivity index (χ2v) is 4.02. The maximum atomic E-state index is 5.16. The summed E-state index contributed by atoms with van der Waals surface area (Å²) in [5.74, 6) is 0. The van der Waals surface area contributed by atoms with Crippen molar-refractivity contribution in [2.24, 2.45) is 0 Å². The molecule has 74 valence electrons. The van der Waals surface area contributed by atoms with E-state index in [1.54, 1.807) is 18.3 Å². The summed E-state index contributed by atoms with van der Waals surface area (Å²) in [6.07, 6.45) is 0. The molecule has 1 N–H and O–H groups in total. The average molecular weight is 182 g/mol. The fourth-order valence-corrected chi connectivity index (χ4v) is 2.15. The molecule has 1 unspecified atom stereocenters. The first-order valence-corrected chi connectivity index (χ1v) is 4.94. The molecule has 0 amide bonds. The number of nitrogens with one attached hydrogen (secondary N) is 1. The summed E-state index contributed by atoms with van der Waals surface area (Å²) in [6.45, 7) is 7.57. The molecule has 13 heavy (non-hydrogen) atoms. The molecule has 0 saturated heterocycles. The van der Waals surface area contributed by atoms with Crippen molar-refractivity contribution >= 4 is 0 Å². The molecule has 0 radical (unpaired) electrons. The Morgan fingerprint density at radius 1 is 1.38 bits per heavy atom. The van der Waals surface area contributed by atoms with Crippen molar-refractivity contribution in [3.63, 3.8) is 0 Å². The van der Waals surface area contributed by atoms with Gasteiger partial charge in [-0.2, -0.15) is 0 Å². The molecule has 1 atom stereocenters. The van der Waals surface area contributed by atoms with Crippen LogP contribution < -0.4 is 5.32 Å². The van der Waals surface area contributed by atoms with Crippen molar-refractivity contribution in [1.82, 2.24) is 10.2 Å². The molecule has 3 nitrogen and oxygen atoms in total. The number of hydrogen-bond acceptors (Lipinski definition) is 3. The van der Waals surface area contributed by atoms with Crippen LogP contribution in [-0.2, 0) is 4.74 Å². The van der Waals surface area contributed by atoms with Gasteiger partial charge in [-0.05, 0) is 18.1 Å². The predicted octanol–water partition coefficient (Wildman–Crippen LogP) is 0.237. The molecule has 0 bridgehead atoms. The molecule has 0 fully saturated rings. The zero-order chi connectivity index (χ0) is 9.26. The van der Waals surface area contributed by atoms with Gasteiger partial charge < -0.3 is 10.1 Å². The summed E-state index contributed by atoms with van der Waals surface area (Å²) in [5.41, 5.74) is 3.23. The molecule has 2 aliphatic heterocycles. The second-order valence-electron chi connectivity index (χ2n) is 4.02. The van der Waals surface area contributed by atoms with Crippen LogP contribution >= 0.6 is 0 Å². The van der Waals surface area contributed by atoms with E-state index < -0.39 is 0 Å². The summed E-state index contributed by atoms with van der Waals surface area (Å²) < 4.78 is 5.16. The van der Waals surface area contributed by atoms with Crippen LogP contribution in [0, 0.1) is 0 Å². The van der Waals surface area contributed by atoms with E-state index >= 15 is 0 Å². The van der Waals surface area contributed by atoms with Gasteiger partial charge in [0.25, 0.3) is 0 Å². The maximum absolute atomic E-state index is 5.16. The molecule has 0 aromatic carbocycles. The van der Waals surface area contributed by atoms with Crippen LogP contribution in [-0.4, -0.2) is 50.8 Å². The van der Waals surface area contributed by atoms with Crippen molar-refractivity contribution < 1.29 is 4.74 Å². The Morgan fingerprint density at radius 2 is 2.00 bits per heavy atom. The minimum Gasteiger partial charge on any atom is -0.383 e. The van der Waals surface area contributed by atoms with E-state index in [0.29, 0.717) is 6.04 Å². The molecule has 2 aliphatic rings. The predicted molar refractivity (Wildman–Crippen MR) is 52.8 cm³/mol. The van der Waals surface area contributed by atoms with Crippen molar-refractivity contribution in [1.29, 1.82) is 0 Å². The van der Waals surface area contributed by atoms with Gasteiger partial charge in [-0.15, -0.1) is 0 Å². The van der Waals surface area contributed by atoms with E-state index in [1.165, 1.54) is 0 Å². The number of methoxy groups -OCH3 is 1. The van der Waals surface area contributed by atoms with E-state index in [0.717, 1.165) is 32.8 Å². The lowest BCUT2D eigenvalue weighted by atomic mass is 10.2. The highest BCUT2D eigenvalue weighted by molar-refractivity contribution is 5.29. The molecule has 2 rings (SSSR count). The van der Waals surface area contributed by atoms with Gasteiger partial charge in [0, 0.05) is 39.3 Å². The van der Waals surface area contributed by atoms with E-state index in [1.807, 2.05) is 0 Å². The smallest absolute Gasteiger partial charge is 0.0615 e. The van der Waals surface area contributed by atoms with Gasteiger partial charge in [-0.25, -0.2) is 0 Å². The van der Waals surface area contributed by atoms with Gasteiger partial charge in [0.1, 0.15) is 0 Å². The minimum absolute atomic E-state index is 0.551. The number of ether oxygens (including phenoxy) is 1. The Kier molecular flexibility index (Phi) is 2.67. The molecule has 3 heteroatoms. The monoisotopic (exact) mass is 182 g/mol. The topological polar surface area (TPSA) is 24.5 Å². The molecule has 0 aromatic rings. The van der Waals surface area contributed by atoms with Gasteiger partial charge in [0.15, 0.2) is 0 Å². The fourth-order valence-electron chi connectivity index (χ4n) is 2.15. The van der Waals surface area contributed by atoms with Crippen LogP contribution in [0.2, 0.25) is 0 Å². The normalized spacial score (nSPS) is 25.4. The Labute approximate surface area is 79.7 Å². The Bertz CT molecular complexity index is 209. The van der Waals surface area contributed by atoms with E-state index in [2.05, 4.69) is 17.1 Å². The molecule has 0 aromatic heterocycles. The van der Waals surface area contributed by atoms with Crippen molar-refractivity contribution in [2.45, 2.75) is 13.0 Å². The number of rotatable bonds is 3. The third-order valence-electron chi connectivity index (χ3n) is 3.00. The van der Waals surface area contributed by atoms with Crippen molar-refractivity contribution in [3.8, 4) is 0 Å². The van der Waals surface area contributed by atoms with Gasteiger partial charge >= 0.3 is 0 Å². The molecule has 0 aliphatic carbocycles. The lowest BCUT2D eigenvalue weighted by molar-refractivity contribution is 0.115. The summed E-state index contributed by atoms with van der Waals surface area (Å²) in [7, 11) is 1.77. The van der Waals surface area contributed by atoms with Crippen LogP contribution in [0.25, 0.3) is 0 Å². The highest BCUT2D eigenvalue weighted by Crippen LogP contribution is 2.21. The van der Waals surface area contributed by atoms with E-state index in [9.17, 15) is 0 Å². The van der Waals surface area contributed by atoms with Gasteiger partial charge in [-0.3, -0.25) is 4.90 Å². The SMILES string of the molecule is COCC(C)N1CC2=C(CNC2)C1. The van der Waals surface area contributed by atoms with Gasteiger partial charge in [-0.1, -0.05) is 0 Å². The molecule has 0 spiro atoms. The first kappa shape index (κ1) is 9.19. The van der Waals surface area contributed by atoms with Gasteiger partial charge in [0.05, 0.1) is 6.61 Å². The second kappa shape index (κ2) is 3.78. The number of hydrogen-bond donors (Lipinski definition) is 1. The lowest BCUT2D eigenvalue weighted by Gasteiger charge is -2.24. The molecular formula is C10H18N2O.